The molecule has 0 aliphatic rings. The first-order chi connectivity index (χ1) is 8.96. The summed E-state index contributed by atoms with van der Waals surface area (Å²) in [4.78, 5) is 0. The lowest BCUT2D eigenvalue weighted by atomic mass is 9.97. The number of fused-ring (bicyclic) bond motifs is 1. The average molecular weight is 267 g/mol. The minimum atomic E-state index is -4.13. The minimum Gasteiger partial charge on any atom is -0.327 e. The number of rotatable bonds is 4. The number of alkyl halides is 3. The first-order valence-corrected chi connectivity index (χ1v) is 6.25. The van der Waals surface area contributed by atoms with Crippen LogP contribution < -0.4 is 5.73 Å². The minimum absolute atomic E-state index is 0.0350. The van der Waals surface area contributed by atoms with Gasteiger partial charge in [0, 0.05) is 12.5 Å². The molecule has 0 heterocycles. The molecule has 19 heavy (non-hydrogen) atoms. The summed E-state index contributed by atoms with van der Waals surface area (Å²) in [6.07, 6.45) is -4.51. The van der Waals surface area contributed by atoms with Crippen molar-refractivity contribution in [3.05, 3.63) is 48.0 Å². The summed E-state index contributed by atoms with van der Waals surface area (Å²) in [7, 11) is 0. The van der Waals surface area contributed by atoms with Crippen LogP contribution in [0.2, 0.25) is 0 Å². The number of hydrogen-bond acceptors (Lipinski definition) is 1. The van der Waals surface area contributed by atoms with Crippen LogP contribution in [0.25, 0.3) is 10.8 Å². The number of benzene rings is 2. The van der Waals surface area contributed by atoms with Crippen LogP contribution in [0.4, 0.5) is 13.2 Å². The van der Waals surface area contributed by atoms with Gasteiger partial charge in [0.25, 0.3) is 0 Å². The van der Waals surface area contributed by atoms with E-state index in [0.717, 1.165) is 16.3 Å². The lowest BCUT2D eigenvalue weighted by Crippen LogP contribution is -2.25. The van der Waals surface area contributed by atoms with E-state index in [4.69, 9.17) is 5.73 Å². The van der Waals surface area contributed by atoms with Gasteiger partial charge >= 0.3 is 6.18 Å². The van der Waals surface area contributed by atoms with Crippen molar-refractivity contribution in [2.24, 2.45) is 5.73 Å². The number of hydrogen-bond donors (Lipinski definition) is 1. The first-order valence-electron chi connectivity index (χ1n) is 6.25. The molecule has 1 atom stereocenters. The SMILES string of the molecule is NC(CCC(F)(F)F)Cc1cccc2ccccc12. The molecule has 0 bridgehead atoms. The molecule has 0 aliphatic heterocycles. The second-order valence-electron chi connectivity index (χ2n) is 4.76. The zero-order valence-electron chi connectivity index (χ0n) is 10.5. The normalized spacial score (nSPS) is 13.7. The topological polar surface area (TPSA) is 26.0 Å². The Bertz CT molecular complexity index is 543. The fourth-order valence-electron chi connectivity index (χ4n) is 2.20. The number of nitrogens with two attached hydrogens (primary N) is 1. The monoisotopic (exact) mass is 267 g/mol. The zero-order valence-corrected chi connectivity index (χ0v) is 10.5. The fraction of sp³-hybridized carbons (Fsp3) is 0.333. The van der Waals surface area contributed by atoms with Crippen LogP contribution in [-0.4, -0.2) is 12.2 Å². The van der Waals surface area contributed by atoms with E-state index in [1.54, 1.807) is 0 Å². The second-order valence-corrected chi connectivity index (χ2v) is 4.76. The Morgan fingerprint density at radius 1 is 1.00 bits per heavy atom. The summed E-state index contributed by atoms with van der Waals surface area (Å²) in [5.41, 5.74) is 6.81. The van der Waals surface area contributed by atoms with Crippen molar-refractivity contribution in [2.45, 2.75) is 31.5 Å². The molecule has 102 valence electrons. The molecular formula is C15H16F3N. The second kappa shape index (κ2) is 5.61. The molecule has 0 saturated carbocycles. The Balaban J connectivity index is 2.09. The molecule has 4 heteroatoms. The molecule has 0 radical (unpaired) electrons. The van der Waals surface area contributed by atoms with Gasteiger partial charge in [0.2, 0.25) is 0 Å². The standard InChI is InChI=1S/C15H16F3N/c16-15(17,18)9-8-13(19)10-12-6-3-5-11-4-1-2-7-14(11)12/h1-7,13H,8-10,19H2. The van der Waals surface area contributed by atoms with Gasteiger partial charge in [-0.25, -0.2) is 0 Å². The van der Waals surface area contributed by atoms with Crippen molar-refractivity contribution in [1.29, 1.82) is 0 Å². The number of halogens is 3. The first kappa shape index (κ1) is 13.9. The van der Waals surface area contributed by atoms with Gasteiger partial charge in [-0.15, -0.1) is 0 Å². The lowest BCUT2D eigenvalue weighted by Gasteiger charge is -2.14. The van der Waals surface area contributed by atoms with Crippen molar-refractivity contribution in [3.63, 3.8) is 0 Å². The summed E-state index contributed by atoms with van der Waals surface area (Å²) in [5.74, 6) is 0. The third-order valence-electron chi connectivity index (χ3n) is 3.16. The molecule has 2 rings (SSSR count). The molecule has 0 amide bonds. The van der Waals surface area contributed by atoms with Crippen LogP contribution >= 0.6 is 0 Å². The van der Waals surface area contributed by atoms with E-state index in [-0.39, 0.29) is 6.42 Å². The van der Waals surface area contributed by atoms with Crippen LogP contribution in [0.3, 0.4) is 0 Å². The largest absolute Gasteiger partial charge is 0.389 e. The molecular weight excluding hydrogens is 251 g/mol. The van der Waals surface area contributed by atoms with Crippen LogP contribution in [0.5, 0.6) is 0 Å². The molecule has 0 aromatic heterocycles. The van der Waals surface area contributed by atoms with Crippen molar-refractivity contribution in [3.8, 4) is 0 Å². The van der Waals surface area contributed by atoms with Crippen molar-refractivity contribution in [2.75, 3.05) is 0 Å². The highest BCUT2D eigenvalue weighted by molar-refractivity contribution is 5.85. The maximum absolute atomic E-state index is 12.2. The fourth-order valence-corrected chi connectivity index (χ4v) is 2.20. The summed E-state index contributed by atoms with van der Waals surface area (Å²) in [5, 5.41) is 2.15. The maximum Gasteiger partial charge on any atom is 0.389 e. The van der Waals surface area contributed by atoms with E-state index in [0.29, 0.717) is 6.42 Å². The van der Waals surface area contributed by atoms with Crippen molar-refractivity contribution < 1.29 is 13.2 Å². The van der Waals surface area contributed by atoms with Gasteiger partial charge in [-0.2, -0.15) is 13.2 Å². The third-order valence-corrected chi connectivity index (χ3v) is 3.16. The van der Waals surface area contributed by atoms with Gasteiger partial charge < -0.3 is 5.73 Å². The van der Waals surface area contributed by atoms with Crippen LogP contribution in [-0.2, 0) is 6.42 Å². The summed E-state index contributed by atoms with van der Waals surface area (Å²) in [6, 6.07) is 13.2. The average Bonchev–Trinajstić information content (AvgIpc) is 2.36. The van der Waals surface area contributed by atoms with Crippen LogP contribution in [0.15, 0.2) is 42.5 Å². The Kier molecular flexibility index (Phi) is 4.10. The maximum atomic E-state index is 12.2. The molecule has 1 unspecified atom stereocenters. The van der Waals surface area contributed by atoms with Gasteiger partial charge in [0.1, 0.15) is 0 Å². The Hall–Kier alpha value is -1.55. The van der Waals surface area contributed by atoms with Crippen molar-refractivity contribution >= 4 is 10.8 Å². The molecule has 0 saturated heterocycles. The predicted octanol–water partition coefficient (Wildman–Crippen LogP) is 4.05. The summed E-state index contributed by atoms with van der Waals surface area (Å²) < 4.78 is 36.5. The highest BCUT2D eigenvalue weighted by Gasteiger charge is 2.27. The van der Waals surface area contributed by atoms with Gasteiger partial charge in [-0.05, 0) is 29.2 Å². The molecule has 0 aliphatic carbocycles. The Morgan fingerprint density at radius 3 is 2.42 bits per heavy atom. The molecule has 0 fully saturated rings. The van der Waals surface area contributed by atoms with Gasteiger partial charge in [-0.1, -0.05) is 42.5 Å². The van der Waals surface area contributed by atoms with E-state index in [2.05, 4.69) is 0 Å². The van der Waals surface area contributed by atoms with Gasteiger partial charge in [0.05, 0.1) is 0 Å². The van der Waals surface area contributed by atoms with Gasteiger partial charge in [-0.3, -0.25) is 0 Å². The van der Waals surface area contributed by atoms with Crippen LogP contribution in [0.1, 0.15) is 18.4 Å². The Labute approximate surface area is 110 Å². The zero-order chi connectivity index (χ0) is 13.9. The molecule has 2 aromatic carbocycles. The van der Waals surface area contributed by atoms with Crippen LogP contribution in [0, 0.1) is 0 Å². The Morgan fingerprint density at radius 2 is 1.68 bits per heavy atom. The van der Waals surface area contributed by atoms with E-state index < -0.39 is 18.6 Å². The quantitative estimate of drug-likeness (QED) is 0.888. The van der Waals surface area contributed by atoms with E-state index in [1.165, 1.54) is 0 Å². The highest BCUT2D eigenvalue weighted by Crippen LogP contribution is 2.24. The lowest BCUT2D eigenvalue weighted by molar-refractivity contribution is -0.136. The summed E-state index contributed by atoms with van der Waals surface area (Å²) >= 11 is 0. The highest BCUT2D eigenvalue weighted by atomic mass is 19.4. The van der Waals surface area contributed by atoms with E-state index in [1.807, 2.05) is 42.5 Å². The van der Waals surface area contributed by atoms with Crippen molar-refractivity contribution in [1.82, 2.24) is 0 Å². The van der Waals surface area contributed by atoms with Gasteiger partial charge in [0.15, 0.2) is 0 Å². The van der Waals surface area contributed by atoms with E-state index in [9.17, 15) is 13.2 Å². The molecule has 2 N–H and O–H groups in total. The van der Waals surface area contributed by atoms with E-state index >= 15 is 0 Å². The smallest absolute Gasteiger partial charge is 0.327 e. The molecule has 2 aromatic rings. The molecule has 0 spiro atoms. The predicted molar refractivity (Wildman–Crippen MR) is 70.9 cm³/mol. The summed E-state index contributed by atoms with van der Waals surface area (Å²) in [6.45, 7) is 0. The third kappa shape index (κ3) is 3.96. The molecule has 1 nitrogen and oxygen atoms in total.